The van der Waals surface area contributed by atoms with Gasteiger partial charge in [-0.1, -0.05) is 18.2 Å². The molecule has 0 unspecified atom stereocenters. The van der Waals surface area contributed by atoms with Crippen molar-refractivity contribution in [3.63, 3.8) is 0 Å². The van der Waals surface area contributed by atoms with Gasteiger partial charge in [-0.15, -0.1) is 0 Å². The van der Waals surface area contributed by atoms with Gasteiger partial charge in [-0.2, -0.15) is 0 Å². The predicted octanol–water partition coefficient (Wildman–Crippen LogP) is 0.736. The molecule has 4 rings (SSSR count). The molecule has 0 radical (unpaired) electrons. The van der Waals surface area contributed by atoms with Gasteiger partial charge in [-0.3, -0.25) is 13.9 Å². The van der Waals surface area contributed by atoms with Gasteiger partial charge >= 0.3 is 5.69 Å². The Morgan fingerprint density at radius 3 is 2.45 bits per heavy atom. The molecule has 0 amide bonds. The molecule has 0 fully saturated rings. The highest BCUT2D eigenvalue weighted by Crippen LogP contribution is 2.33. The van der Waals surface area contributed by atoms with Crippen LogP contribution in [-0.2, 0) is 34.0 Å². The molecule has 1 aliphatic carbocycles. The van der Waals surface area contributed by atoms with Crippen LogP contribution in [0, 0.1) is 0 Å². The number of hydrogen-bond acceptors (Lipinski definition) is 3. The molecule has 0 N–H and O–H groups in total. The highest BCUT2D eigenvalue weighted by atomic mass is 16.2. The Labute approximate surface area is 126 Å². The maximum absolute atomic E-state index is 12.4. The quantitative estimate of drug-likeness (QED) is 0.665. The zero-order valence-corrected chi connectivity index (χ0v) is 12.8. The molecule has 0 saturated heterocycles. The van der Waals surface area contributed by atoms with E-state index in [4.69, 9.17) is 0 Å². The van der Waals surface area contributed by atoms with E-state index >= 15 is 0 Å². The number of benzene rings is 1. The first kappa shape index (κ1) is 13.1. The van der Waals surface area contributed by atoms with Gasteiger partial charge in [0.2, 0.25) is 0 Å². The lowest BCUT2D eigenvalue weighted by molar-refractivity contribution is 0.705. The van der Waals surface area contributed by atoms with Gasteiger partial charge < -0.3 is 4.57 Å². The monoisotopic (exact) mass is 296 g/mol. The minimum Gasteiger partial charge on any atom is -0.321 e. The van der Waals surface area contributed by atoms with E-state index in [0.29, 0.717) is 11.2 Å². The molecule has 3 aromatic rings. The molecule has 112 valence electrons. The maximum Gasteiger partial charge on any atom is 0.332 e. The maximum atomic E-state index is 12.4. The third-order valence-corrected chi connectivity index (χ3v) is 4.63. The number of hydrogen-bond donors (Lipinski definition) is 0. The lowest BCUT2D eigenvalue weighted by Gasteiger charge is -2.21. The first-order valence-corrected chi connectivity index (χ1v) is 7.24. The Balaban J connectivity index is 2.14. The average molecular weight is 296 g/mol. The molecule has 2 heterocycles. The summed E-state index contributed by atoms with van der Waals surface area (Å²) >= 11 is 0. The van der Waals surface area contributed by atoms with Crippen molar-refractivity contribution < 1.29 is 0 Å². The van der Waals surface area contributed by atoms with Crippen molar-refractivity contribution in [2.24, 2.45) is 21.1 Å². The zero-order chi connectivity index (χ0) is 15.6. The van der Waals surface area contributed by atoms with Crippen molar-refractivity contribution in [3.8, 4) is 11.4 Å². The summed E-state index contributed by atoms with van der Waals surface area (Å²) in [6.45, 7) is 0. The van der Waals surface area contributed by atoms with E-state index < -0.39 is 0 Å². The van der Waals surface area contributed by atoms with E-state index in [1.165, 1.54) is 22.7 Å². The fourth-order valence-corrected chi connectivity index (χ4v) is 3.22. The molecule has 0 saturated carbocycles. The number of fused-ring (bicyclic) bond motifs is 2. The standard InChI is InChI=1S/C16H16N4O2/c1-18-12-14(19(2)16(22)20(3)15(12)21)17-13(18)11-6-4-5-9-7-8-10(9)11/h4-6H,7-8H2,1-3H3. The topological polar surface area (TPSA) is 61.8 Å². The largest absolute Gasteiger partial charge is 0.332 e. The summed E-state index contributed by atoms with van der Waals surface area (Å²) in [6, 6.07) is 6.17. The predicted molar refractivity (Wildman–Crippen MR) is 84.0 cm³/mol. The van der Waals surface area contributed by atoms with Crippen LogP contribution in [-0.4, -0.2) is 18.7 Å². The van der Waals surface area contributed by atoms with Crippen molar-refractivity contribution >= 4 is 11.2 Å². The van der Waals surface area contributed by atoms with Crippen LogP contribution >= 0.6 is 0 Å². The Kier molecular flexibility index (Phi) is 2.49. The molecule has 6 heteroatoms. The first-order valence-electron chi connectivity index (χ1n) is 7.24. The SMILES string of the molecule is Cn1c(=O)c2c(nc(-c3cccc4c3CC4)n2C)n(C)c1=O. The first-order chi connectivity index (χ1) is 10.5. The van der Waals surface area contributed by atoms with E-state index in [1.54, 1.807) is 11.6 Å². The second kappa shape index (κ2) is 4.19. The van der Waals surface area contributed by atoms with Crippen LogP contribution in [0.5, 0.6) is 0 Å². The number of imidazole rings is 1. The third kappa shape index (κ3) is 1.46. The summed E-state index contributed by atoms with van der Waals surface area (Å²) < 4.78 is 4.34. The van der Waals surface area contributed by atoms with Gasteiger partial charge in [0.1, 0.15) is 5.82 Å². The van der Waals surface area contributed by atoms with E-state index in [-0.39, 0.29) is 11.2 Å². The molecule has 6 nitrogen and oxygen atoms in total. The van der Waals surface area contributed by atoms with Gasteiger partial charge in [0.25, 0.3) is 5.56 Å². The van der Waals surface area contributed by atoms with Crippen LogP contribution in [0.1, 0.15) is 11.1 Å². The number of rotatable bonds is 1. The Morgan fingerprint density at radius 2 is 1.77 bits per heavy atom. The summed E-state index contributed by atoms with van der Waals surface area (Å²) in [4.78, 5) is 29.1. The average Bonchev–Trinajstić information content (AvgIpc) is 2.81. The minimum absolute atomic E-state index is 0.311. The molecule has 0 bridgehead atoms. The molecule has 2 aromatic heterocycles. The van der Waals surface area contributed by atoms with Crippen LogP contribution in [0.2, 0.25) is 0 Å². The minimum atomic E-state index is -0.358. The number of aromatic nitrogens is 4. The molecule has 0 spiro atoms. The Bertz CT molecular complexity index is 1050. The van der Waals surface area contributed by atoms with Crippen molar-refractivity contribution in [2.45, 2.75) is 12.8 Å². The van der Waals surface area contributed by atoms with Gasteiger partial charge in [0.15, 0.2) is 11.2 Å². The summed E-state index contributed by atoms with van der Waals surface area (Å²) in [6.07, 6.45) is 2.12. The smallest absolute Gasteiger partial charge is 0.321 e. The molecular formula is C16H16N4O2. The van der Waals surface area contributed by atoms with E-state index in [9.17, 15) is 9.59 Å². The lowest BCUT2D eigenvalue weighted by Crippen LogP contribution is -2.37. The van der Waals surface area contributed by atoms with Crippen molar-refractivity contribution in [2.75, 3.05) is 0 Å². The molecular weight excluding hydrogens is 280 g/mol. The molecule has 1 aromatic carbocycles. The number of nitrogens with zero attached hydrogens (tertiary/aromatic N) is 4. The summed E-state index contributed by atoms with van der Waals surface area (Å²) in [7, 11) is 4.96. The van der Waals surface area contributed by atoms with Crippen molar-refractivity contribution in [3.05, 3.63) is 50.2 Å². The lowest BCUT2D eigenvalue weighted by atomic mass is 9.84. The van der Waals surface area contributed by atoms with Crippen molar-refractivity contribution in [1.29, 1.82) is 0 Å². The zero-order valence-electron chi connectivity index (χ0n) is 12.8. The Hall–Kier alpha value is -2.63. The van der Waals surface area contributed by atoms with Crippen LogP contribution in [0.25, 0.3) is 22.6 Å². The second-order valence-corrected chi connectivity index (χ2v) is 5.82. The molecule has 0 aliphatic heterocycles. The normalized spacial score (nSPS) is 13.2. The molecule has 1 aliphatic rings. The van der Waals surface area contributed by atoms with Gasteiger partial charge in [0, 0.05) is 26.7 Å². The fraction of sp³-hybridized carbons (Fsp3) is 0.312. The molecule has 22 heavy (non-hydrogen) atoms. The highest BCUT2D eigenvalue weighted by Gasteiger charge is 2.23. The van der Waals surface area contributed by atoms with Crippen molar-refractivity contribution in [1.82, 2.24) is 18.7 Å². The van der Waals surface area contributed by atoms with E-state index in [2.05, 4.69) is 11.1 Å². The van der Waals surface area contributed by atoms with Crippen LogP contribution in [0.4, 0.5) is 0 Å². The Morgan fingerprint density at radius 1 is 1.00 bits per heavy atom. The molecule has 0 atom stereocenters. The van der Waals surface area contributed by atoms with Crippen LogP contribution in [0.15, 0.2) is 27.8 Å². The van der Waals surface area contributed by atoms with Crippen LogP contribution < -0.4 is 11.2 Å². The fourth-order valence-electron chi connectivity index (χ4n) is 3.22. The van der Waals surface area contributed by atoms with Gasteiger partial charge in [0.05, 0.1) is 0 Å². The summed E-state index contributed by atoms with van der Waals surface area (Å²) in [5.41, 5.74) is 3.91. The summed E-state index contributed by atoms with van der Waals surface area (Å²) in [5.74, 6) is 0.741. The van der Waals surface area contributed by atoms with Crippen LogP contribution in [0.3, 0.4) is 0 Å². The summed E-state index contributed by atoms with van der Waals surface area (Å²) in [5, 5.41) is 0. The second-order valence-electron chi connectivity index (χ2n) is 5.82. The van der Waals surface area contributed by atoms with Gasteiger partial charge in [-0.05, 0) is 24.0 Å². The van der Waals surface area contributed by atoms with Gasteiger partial charge in [-0.25, -0.2) is 9.78 Å². The number of aryl methyl sites for hydroxylation is 3. The highest BCUT2D eigenvalue weighted by molar-refractivity contribution is 5.78. The van der Waals surface area contributed by atoms with E-state index in [1.807, 2.05) is 19.2 Å². The third-order valence-electron chi connectivity index (χ3n) is 4.63. The van der Waals surface area contributed by atoms with E-state index in [0.717, 1.165) is 28.8 Å².